The summed E-state index contributed by atoms with van der Waals surface area (Å²) in [4.78, 5) is 13.4. The Morgan fingerprint density at radius 2 is 1.95 bits per heavy atom. The number of alkyl halides is 3. The first-order valence-corrected chi connectivity index (χ1v) is 6.49. The molecule has 1 atom stereocenters. The van der Waals surface area contributed by atoms with Gasteiger partial charge in [-0.05, 0) is 36.0 Å². The number of hydrogen-bond donors (Lipinski definition) is 0. The molecule has 1 aromatic carbocycles. The first kappa shape index (κ1) is 14.0. The molecule has 0 bridgehead atoms. The van der Waals surface area contributed by atoms with E-state index in [1.54, 1.807) is 11.0 Å². The van der Waals surface area contributed by atoms with Crippen LogP contribution in [0.25, 0.3) is 0 Å². The second kappa shape index (κ2) is 5.28. The molecule has 1 aromatic rings. The Bertz CT molecular complexity index is 484. The minimum atomic E-state index is -4.29. The molecule has 0 aliphatic carbocycles. The molecule has 6 heteroatoms. The van der Waals surface area contributed by atoms with Crippen LogP contribution in [0.2, 0.25) is 0 Å². The Balaban J connectivity index is 2.11. The summed E-state index contributed by atoms with van der Waals surface area (Å²) in [6, 6.07) is 5.83. The summed E-state index contributed by atoms with van der Waals surface area (Å²) in [5.74, 6) is 0.0813. The van der Waals surface area contributed by atoms with Gasteiger partial charge in [0.15, 0.2) is 0 Å². The molecule has 1 unspecified atom stereocenters. The van der Waals surface area contributed by atoms with Gasteiger partial charge in [-0.3, -0.25) is 4.79 Å². The SMILES string of the molecule is C=CC1CC(=O)N(c2ccc(SC(F)(F)F)cc2)C1. The third-order valence-electron chi connectivity index (χ3n) is 2.87. The summed E-state index contributed by atoms with van der Waals surface area (Å²) in [6.45, 7) is 4.19. The molecule has 0 radical (unpaired) electrons. The maximum Gasteiger partial charge on any atom is 0.446 e. The van der Waals surface area contributed by atoms with Crippen LogP contribution < -0.4 is 4.90 Å². The van der Waals surface area contributed by atoms with E-state index >= 15 is 0 Å². The lowest BCUT2D eigenvalue weighted by molar-refractivity contribution is -0.117. The summed E-state index contributed by atoms with van der Waals surface area (Å²) in [5, 5.41) is 0. The molecule has 1 aliphatic rings. The van der Waals surface area contributed by atoms with Crippen molar-refractivity contribution in [3.63, 3.8) is 0 Å². The number of rotatable bonds is 3. The molecule has 102 valence electrons. The van der Waals surface area contributed by atoms with Crippen molar-refractivity contribution in [3.05, 3.63) is 36.9 Å². The predicted molar refractivity (Wildman–Crippen MR) is 69.0 cm³/mol. The van der Waals surface area contributed by atoms with E-state index in [9.17, 15) is 18.0 Å². The smallest absolute Gasteiger partial charge is 0.312 e. The Morgan fingerprint density at radius 3 is 2.42 bits per heavy atom. The minimum absolute atomic E-state index is 0.0267. The van der Waals surface area contributed by atoms with E-state index in [2.05, 4.69) is 6.58 Å². The highest BCUT2D eigenvalue weighted by molar-refractivity contribution is 8.00. The van der Waals surface area contributed by atoms with E-state index in [0.29, 0.717) is 18.7 Å². The number of thioether (sulfide) groups is 1. The fourth-order valence-corrected chi connectivity index (χ4v) is 2.51. The van der Waals surface area contributed by atoms with Crippen LogP contribution in [-0.2, 0) is 4.79 Å². The quantitative estimate of drug-likeness (QED) is 0.622. The highest BCUT2D eigenvalue weighted by Gasteiger charge is 2.30. The molecule has 1 aliphatic heterocycles. The molecule has 2 rings (SSSR count). The van der Waals surface area contributed by atoms with Gasteiger partial charge in [0, 0.05) is 29.5 Å². The van der Waals surface area contributed by atoms with Crippen LogP contribution in [0.15, 0.2) is 41.8 Å². The van der Waals surface area contributed by atoms with Crippen molar-refractivity contribution < 1.29 is 18.0 Å². The maximum absolute atomic E-state index is 12.2. The number of carbonyl (C=O) groups excluding carboxylic acids is 1. The lowest BCUT2D eigenvalue weighted by atomic mass is 10.1. The molecule has 1 heterocycles. The summed E-state index contributed by atoms with van der Waals surface area (Å²) < 4.78 is 36.6. The van der Waals surface area contributed by atoms with E-state index in [4.69, 9.17) is 0 Å². The first-order chi connectivity index (χ1) is 8.89. The van der Waals surface area contributed by atoms with Gasteiger partial charge in [-0.2, -0.15) is 13.2 Å². The minimum Gasteiger partial charge on any atom is -0.312 e. The largest absolute Gasteiger partial charge is 0.446 e. The standard InChI is InChI=1S/C13H12F3NOS/c1-2-9-7-12(18)17(8-9)10-3-5-11(6-4-10)19-13(14,15)16/h2-6,9H,1,7-8H2. The fourth-order valence-electron chi connectivity index (χ4n) is 1.97. The van der Waals surface area contributed by atoms with Crippen LogP contribution in [0.4, 0.5) is 18.9 Å². The predicted octanol–water partition coefficient (Wildman–Crippen LogP) is 3.84. The van der Waals surface area contributed by atoms with Gasteiger partial charge in [0.2, 0.25) is 5.91 Å². The van der Waals surface area contributed by atoms with Crippen LogP contribution in [-0.4, -0.2) is 18.0 Å². The third-order valence-corrected chi connectivity index (χ3v) is 3.61. The molecule has 1 saturated heterocycles. The number of carbonyl (C=O) groups is 1. The molecular formula is C13H12F3NOS. The van der Waals surface area contributed by atoms with Gasteiger partial charge < -0.3 is 4.90 Å². The van der Waals surface area contributed by atoms with Crippen molar-refractivity contribution in [2.24, 2.45) is 5.92 Å². The zero-order valence-corrected chi connectivity index (χ0v) is 10.8. The van der Waals surface area contributed by atoms with E-state index in [0.717, 1.165) is 0 Å². The van der Waals surface area contributed by atoms with Gasteiger partial charge >= 0.3 is 5.51 Å². The highest BCUT2D eigenvalue weighted by atomic mass is 32.2. The lowest BCUT2D eigenvalue weighted by Gasteiger charge is -2.16. The second-order valence-corrected chi connectivity index (χ2v) is 5.38. The Kier molecular flexibility index (Phi) is 3.89. The normalized spacial score (nSPS) is 19.8. The van der Waals surface area contributed by atoms with Crippen molar-refractivity contribution >= 4 is 23.4 Å². The Hall–Kier alpha value is -1.43. The van der Waals surface area contributed by atoms with Gasteiger partial charge in [0.05, 0.1) is 0 Å². The van der Waals surface area contributed by atoms with Crippen LogP contribution in [0.1, 0.15) is 6.42 Å². The third kappa shape index (κ3) is 3.53. The van der Waals surface area contributed by atoms with Gasteiger partial charge in [-0.25, -0.2) is 0 Å². The summed E-state index contributed by atoms with van der Waals surface area (Å²) in [6.07, 6.45) is 2.13. The molecule has 1 fully saturated rings. The molecule has 1 amide bonds. The fraction of sp³-hybridized carbons (Fsp3) is 0.308. The van der Waals surface area contributed by atoms with Crippen molar-refractivity contribution in [1.82, 2.24) is 0 Å². The number of anilines is 1. The van der Waals surface area contributed by atoms with Gasteiger partial charge in [-0.1, -0.05) is 6.08 Å². The van der Waals surface area contributed by atoms with Crippen molar-refractivity contribution in [3.8, 4) is 0 Å². The van der Waals surface area contributed by atoms with Crippen molar-refractivity contribution in [2.45, 2.75) is 16.8 Å². The first-order valence-electron chi connectivity index (χ1n) is 5.68. The van der Waals surface area contributed by atoms with Crippen molar-refractivity contribution in [2.75, 3.05) is 11.4 Å². The molecule has 0 N–H and O–H groups in total. The zero-order valence-electron chi connectivity index (χ0n) is 9.98. The van der Waals surface area contributed by atoms with Crippen LogP contribution >= 0.6 is 11.8 Å². The van der Waals surface area contributed by atoms with Gasteiger partial charge in [0.1, 0.15) is 0 Å². The van der Waals surface area contributed by atoms with Gasteiger partial charge in [-0.15, -0.1) is 6.58 Å². The van der Waals surface area contributed by atoms with E-state index in [-0.39, 0.29) is 28.5 Å². The summed E-state index contributed by atoms with van der Waals surface area (Å²) in [5.41, 5.74) is -3.67. The molecule has 0 saturated carbocycles. The number of amides is 1. The average molecular weight is 287 g/mol. The summed E-state index contributed by atoms with van der Waals surface area (Å²) >= 11 is -0.162. The maximum atomic E-state index is 12.2. The van der Waals surface area contributed by atoms with Crippen LogP contribution in [0.5, 0.6) is 0 Å². The number of hydrogen-bond acceptors (Lipinski definition) is 2. The number of halogens is 3. The molecule has 0 spiro atoms. The highest BCUT2D eigenvalue weighted by Crippen LogP contribution is 2.37. The van der Waals surface area contributed by atoms with E-state index < -0.39 is 5.51 Å². The topological polar surface area (TPSA) is 20.3 Å². The van der Waals surface area contributed by atoms with Gasteiger partial charge in [0.25, 0.3) is 0 Å². The van der Waals surface area contributed by atoms with Crippen LogP contribution in [0.3, 0.4) is 0 Å². The number of nitrogens with zero attached hydrogens (tertiary/aromatic N) is 1. The van der Waals surface area contributed by atoms with E-state index in [1.807, 2.05) is 0 Å². The molecular weight excluding hydrogens is 275 g/mol. The molecule has 19 heavy (non-hydrogen) atoms. The van der Waals surface area contributed by atoms with Crippen LogP contribution in [0, 0.1) is 5.92 Å². The summed E-state index contributed by atoms with van der Waals surface area (Å²) in [7, 11) is 0. The molecule has 2 nitrogen and oxygen atoms in total. The number of benzene rings is 1. The second-order valence-electron chi connectivity index (χ2n) is 4.25. The average Bonchev–Trinajstić information content (AvgIpc) is 2.70. The monoisotopic (exact) mass is 287 g/mol. The van der Waals surface area contributed by atoms with E-state index in [1.165, 1.54) is 24.3 Å². The Morgan fingerprint density at radius 1 is 1.32 bits per heavy atom. The Labute approximate surface area is 113 Å². The molecule has 0 aromatic heterocycles. The lowest BCUT2D eigenvalue weighted by Crippen LogP contribution is -2.24. The zero-order chi connectivity index (χ0) is 14.0. The van der Waals surface area contributed by atoms with Crippen molar-refractivity contribution in [1.29, 1.82) is 0 Å².